The minimum absolute atomic E-state index is 0.0145. The molecule has 1 aromatic heterocycles. The van der Waals surface area contributed by atoms with Gasteiger partial charge in [-0.3, -0.25) is 4.72 Å². The second kappa shape index (κ2) is 5.60. The minimum Gasteiger partial charge on any atom is -0.404 e. The predicted molar refractivity (Wildman–Crippen MR) is 68.2 cm³/mol. The number of nitrogens with one attached hydrogen (secondary N) is 1. The van der Waals surface area contributed by atoms with Crippen molar-refractivity contribution in [3.05, 3.63) is 48.7 Å². The van der Waals surface area contributed by atoms with Crippen molar-refractivity contribution in [3.8, 4) is 5.75 Å². The van der Waals surface area contributed by atoms with Crippen LogP contribution in [0.1, 0.15) is 0 Å². The molecule has 1 aromatic carbocycles. The van der Waals surface area contributed by atoms with Gasteiger partial charge in [-0.25, -0.2) is 13.4 Å². The van der Waals surface area contributed by atoms with E-state index in [2.05, 4.69) is 14.4 Å². The molecule has 0 aliphatic heterocycles. The molecule has 0 fully saturated rings. The van der Waals surface area contributed by atoms with E-state index in [0.717, 1.165) is 12.1 Å². The van der Waals surface area contributed by atoms with Gasteiger partial charge in [0, 0.05) is 6.20 Å². The lowest BCUT2D eigenvalue weighted by Gasteiger charge is -2.13. The van der Waals surface area contributed by atoms with E-state index in [1.165, 1.54) is 30.5 Å². The summed E-state index contributed by atoms with van der Waals surface area (Å²) in [5.41, 5.74) is 0. The zero-order valence-electron chi connectivity index (χ0n) is 10.3. The number of benzene rings is 1. The zero-order chi connectivity index (χ0) is 15.5. The zero-order valence-corrected chi connectivity index (χ0v) is 11.1. The van der Waals surface area contributed by atoms with Crippen molar-refractivity contribution in [2.45, 2.75) is 11.3 Å². The first-order valence-corrected chi connectivity index (χ1v) is 7.05. The number of alkyl halides is 3. The van der Waals surface area contributed by atoms with E-state index < -0.39 is 27.0 Å². The van der Waals surface area contributed by atoms with Crippen LogP contribution in [0.2, 0.25) is 0 Å². The van der Waals surface area contributed by atoms with Gasteiger partial charge in [-0.05, 0) is 24.3 Å². The third kappa shape index (κ3) is 4.09. The number of anilines is 1. The number of halogens is 3. The second-order valence-corrected chi connectivity index (χ2v) is 5.47. The Balaban J connectivity index is 2.37. The van der Waals surface area contributed by atoms with Gasteiger partial charge in [-0.15, -0.1) is 13.2 Å². The monoisotopic (exact) mass is 318 g/mol. The number of ether oxygens (including phenoxy) is 1. The quantitative estimate of drug-likeness (QED) is 0.941. The number of aromatic nitrogens is 1. The first-order valence-electron chi connectivity index (χ1n) is 5.56. The lowest BCUT2D eigenvalue weighted by molar-refractivity contribution is -0.275. The summed E-state index contributed by atoms with van der Waals surface area (Å²) in [5, 5.41) is 0. The van der Waals surface area contributed by atoms with Crippen LogP contribution < -0.4 is 9.46 Å². The summed E-state index contributed by atoms with van der Waals surface area (Å²) in [5.74, 6) is -0.826. The summed E-state index contributed by atoms with van der Waals surface area (Å²) in [4.78, 5) is 3.11. The number of hydrogen-bond donors (Lipinski definition) is 1. The van der Waals surface area contributed by atoms with Gasteiger partial charge < -0.3 is 4.74 Å². The van der Waals surface area contributed by atoms with Gasteiger partial charge in [0.05, 0.1) is 0 Å². The Bertz CT molecular complexity index is 718. The molecule has 0 aliphatic carbocycles. The van der Waals surface area contributed by atoms with Crippen LogP contribution in [0, 0.1) is 0 Å². The Hall–Kier alpha value is -2.29. The van der Waals surface area contributed by atoms with Gasteiger partial charge >= 0.3 is 6.36 Å². The molecule has 112 valence electrons. The van der Waals surface area contributed by atoms with E-state index in [4.69, 9.17) is 0 Å². The number of pyridine rings is 1. The van der Waals surface area contributed by atoms with Gasteiger partial charge in [-0.2, -0.15) is 0 Å². The van der Waals surface area contributed by atoms with Crippen LogP contribution in [0.3, 0.4) is 0 Å². The van der Waals surface area contributed by atoms with Gasteiger partial charge in [-0.1, -0.05) is 18.2 Å². The maximum absolute atomic E-state index is 12.3. The van der Waals surface area contributed by atoms with Crippen LogP contribution in [-0.2, 0) is 10.0 Å². The molecule has 0 radical (unpaired) electrons. The van der Waals surface area contributed by atoms with E-state index >= 15 is 0 Å². The predicted octanol–water partition coefficient (Wildman–Crippen LogP) is 2.78. The first kappa shape index (κ1) is 15.1. The van der Waals surface area contributed by atoms with Gasteiger partial charge in [0.2, 0.25) is 0 Å². The molecule has 0 bridgehead atoms. The van der Waals surface area contributed by atoms with Crippen molar-refractivity contribution >= 4 is 15.8 Å². The number of hydrogen-bond acceptors (Lipinski definition) is 4. The fourth-order valence-corrected chi connectivity index (χ4v) is 2.64. The molecule has 2 aromatic rings. The average Bonchev–Trinajstić information content (AvgIpc) is 2.38. The Morgan fingerprint density at radius 2 is 1.71 bits per heavy atom. The summed E-state index contributed by atoms with van der Waals surface area (Å²) in [6, 6.07) is 8.91. The average molecular weight is 318 g/mol. The highest BCUT2D eigenvalue weighted by molar-refractivity contribution is 7.92. The van der Waals surface area contributed by atoms with Crippen molar-refractivity contribution < 1.29 is 26.3 Å². The Kier molecular flexibility index (Phi) is 4.03. The lowest BCUT2D eigenvalue weighted by atomic mass is 10.3. The fraction of sp³-hybridized carbons (Fsp3) is 0.0833. The standard InChI is InChI=1S/C12H9F3N2O3S/c13-12(14,15)20-9-5-1-2-6-10(9)21(18,19)17-11-7-3-4-8-16-11/h1-8H,(H,16,17). The summed E-state index contributed by atoms with van der Waals surface area (Å²) >= 11 is 0. The SMILES string of the molecule is O=S(=O)(Nc1ccccn1)c1ccccc1OC(F)(F)F. The number of rotatable bonds is 4. The molecule has 0 unspecified atom stereocenters. The highest BCUT2D eigenvalue weighted by Crippen LogP contribution is 2.30. The summed E-state index contributed by atoms with van der Waals surface area (Å²) in [6.07, 6.45) is -3.65. The highest BCUT2D eigenvalue weighted by Gasteiger charge is 2.34. The molecule has 0 saturated carbocycles. The van der Waals surface area contributed by atoms with Gasteiger partial charge in [0.1, 0.15) is 16.5 Å². The van der Waals surface area contributed by atoms with Gasteiger partial charge in [0.15, 0.2) is 0 Å². The highest BCUT2D eigenvalue weighted by atomic mass is 32.2. The molecule has 0 spiro atoms. The molecule has 21 heavy (non-hydrogen) atoms. The molecule has 1 heterocycles. The van der Waals surface area contributed by atoms with Crippen LogP contribution in [0.15, 0.2) is 53.6 Å². The van der Waals surface area contributed by atoms with Crippen molar-refractivity contribution in [1.29, 1.82) is 0 Å². The Labute approximate surface area is 118 Å². The molecule has 5 nitrogen and oxygen atoms in total. The van der Waals surface area contributed by atoms with Crippen molar-refractivity contribution in [2.75, 3.05) is 4.72 Å². The molecule has 0 saturated heterocycles. The molecular weight excluding hydrogens is 309 g/mol. The fourth-order valence-electron chi connectivity index (χ4n) is 1.50. The minimum atomic E-state index is -4.99. The number of nitrogens with zero attached hydrogens (tertiary/aromatic N) is 1. The topological polar surface area (TPSA) is 68.3 Å². The molecular formula is C12H9F3N2O3S. The normalized spacial score (nSPS) is 12.0. The van der Waals surface area contributed by atoms with Gasteiger partial charge in [0.25, 0.3) is 10.0 Å². The summed E-state index contributed by atoms with van der Waals surface area (Å²) < 4.78 is 66.9. The van der Waals surface area contributed by atoms with E-state index in [-0.39, 0.29) is 5.82 Å². The summed E-state index contributed by atoms with van der Waals surface area (Å²) in [7, 11) is -4.25. The third-order valence-electron chi connectivity index (χ3n) is 2.27. The van der Waals surface area contributed by atoms with Crippen LogP contribution >= 0.6 is 0 Å². The molecule has 0 aliphatic rings. The first-order chi connectivity index (χ1) is 9.78. The van der Waals surface area contributed by atoms with Crippen LogP contribution in [0.25, 0.3) is 0 Å². The van der Waals surface area contributed by atoms with E-state index in [9.17, 15) is 21.6 Å². The third-order valence-corrected chi connectivity index (χ3v) is 3.66. The van der Waals surface area contributed by atoms with Crippen molar-refractivity contribution in [1.82, 2.24) is 4.98 Å². The van der Waals surface area contributed by atoms with Crippen molar-refractivity contribution in [2.24, 2.45) is 0 Å². The Morgan fingerprint density at radius 3 is 2.33 bits per heavy atom. The van der Waals surface area contributed by atoms with Crippen molar-refractivity contribution in [3.63, 3.8) is 0 Å². The maximum Gasteiger partial charge on any atom is 0.573 e. The van der Waals surface area contributed by atoms with Crippen LogP contribution in [0.5, 0.6) is 5.75 Å². The van der Waals surface area contributed by atoms with E-state index in [1.807, 2.05) is 0 Å². The number of sulfonamides is 1. The van der Waals surface area contributed by atoms with E-state index in [1.54, 1.807) is 6.07 Å². The molecule has 2 rings (SSSR count). The lowest BCUT2D eigenvalue weighted by Crippen LogP contribution is -2.21. The van der Waals surface area contributed by atoms with Crippen LogP contribution in [-0.4, -0.2) is 19.8 Å². The second-order valence-electron chi connectivity index (χ2n) is 3.82. The summed E-state index contributed by atoms with van der Waals surface area (Å²) in [6.45, 7) is 0. The maximum atomic E-state index is 12.3. The van der Waals surface area contributed by atoms with Crippen LogP contribution in [0.4, 0.5) is 19.0 Å². The smallest absolute Gasteiger partial charge is 0.404 e. The molecule has 1 N–H and O–H groups in total. The molecule has 0 amide bonds. The number of para-hydroxylation sites is 1. The van der Waals surface area contributed by atoms with E-state index in [0.29, 0.717) is 0 Å². The largest absolute Gasteiger partial charge is 0.573 e. The Morgan fingerprint density at radius 1 is 1.05 bits per heavy atom. The molecule has 0 atom stereocenters. The molecule has 9 heteroatoms.